The van der Waals surface area contributed by atoms with Crippen LogP contribution in [-0.4, -0.2) is 0 Å². The van der Waals surface area contributed by atoms with E-state index in [0.29, 0.717) is 4.47 Å². The van der Waals surface area contributed by atoms with Crippen LogP contribution in [0.15, 0.2) is 21.5 Å². The molecule has 0 atom stereocenters. The maximum absolute atomic E-state index is 12.5. The van der Waals surface area contributed by atoms with Crippen LogP contribution >= 0.6 is 51.1 Å². The minimum Gasteiger partial charge on any atom is -0.207 e. The van der Waals surface area contributed by atoms with Gasteiger partial charge in [0.2, 0.25) is 0 Å². The van der Waals surface area contributed by atoms with E-state index in [9.17, 15) is 4.39 Å². The van der Waals surface area contributed by atoms with E-state index in [4.69, 9.17) is 0 Å². The number of thiol groups is 1. The first-order chi connectivity index (χ1) is 4.61. The molecule has 0 saturated carbocycles. The molecule has 0 saturated heterocycles. The van der Waals surface area contributed by atoms with Crippen LogP contribution < -0.4 is 0 Å². The molecule has 0 unspecified atom stereocenters. The normalized spacial score (nSPS) is 10.0. The summed E-state index contributed by atoms with van der Waals surface area (Å²) >= 11 is 9.34. The molecule has 10 heavy (non-hydrogen) atoms. The van der Waals surface area contributed by atoms with E-state index in [1.165, 1.54) is 12.1 Å². The van der Waals surface area contributed by atoms with Gasteiger partial charge in [0.25, 0.3) is 0 Å². The molecule has 0 fully saturated rings. The maximum Gasteiger partial charge on any atom is 0.125 e. The summed E-state index contributed by atoms with van der Waals surface area (Å²) in [6.45, 7) is 0. The molecule has 0 aliphatic rings. The molecule has 0 N–H and O–H groups in total. The van der Waals surface area contributed by atoms with Gasteiger partial charge in [-0.2, -0.15) is 0 Å². The van der Waals surface area contributed by atoms with Gasteiger partial charge in [0.05, 0.1) is 0 Å². The topological polar surface area (TPSA) is 0 Å². The number of benzene rings is 1. The third-order valence-corrected chi connectivity index (χ3v) is 3.67. The summed E-state index contributed by atoms with van der Waals surface area (Å²) in [4.78, 5) is 0.780. The Hall–Kier alpha value is 0.710. The largest absolute Gasteiger partial charge is 0.207 e. The molecule has 0 aliphatic carbocycles. The molecule has 0 heterocycles. The Morgan fingerprint density at radius 2 is 2.10 bits per heavy atom. The summed E-state index contributed by atoms with van der Waals surface area (Å²) in [6, 6.07) is 2.83. The van der Waals surface area contributed by atoms with Crippen molar-refractivity contribution in [1.82, 2.24) is 0 Å². The number of hydrogen-bond donors (Lipinski definition) is 1. The lowest BCUT2D eigenvalue weighted by atomic mass is 10.3. The quantitative estimate of drug-likeness (QED) is 0.546. The van der Waals surface area contributed by atoms with E-state index in [1.54, 1.807) is 0 Å². The van der Waals surface area contributed by atoms with Crippen LogP contribution in [0.3, 0.4) is 0 Å². The van der Waals surface area contributed by atoms with E-state index in [0.717, 1.165) is 8.47 Å². The Morgan fingerprint density at radius 3 is 2.60 bits per heavy atom. The Bertz CT molecular complexity index is 241. The van der Waals surface area contributed by atoms with Crippen molar-refractivity contribution in [2.45, 2.75) is 4.90 Å². The predicted molar refractivity (Wildman–Crippen MR) is 54.1 cm³/mol. The van der Waals surface area contributed by atoms with Gasteiger partial charge < -0.3 is 0 Å². The lowest BCUT2D eigenvalue weighted by Crippen LogP contribution is -1.80. The van der Waals surface area contributed by atoms with E-state index >= 15 is 0 Å². The fourth-order valence-corrected chi connectivity index (χ4v) is 2.05. The van der Waals surface area contributed by atoms with Crippen LogP contribution in [0.2, 0.25) is 0 Å². The maximum atomic E-state index is 12.5. The minimum atomic E-state index is -0.242. The molecule has 0 radical (unpaired) electrons. The number of rotatable bonds is 0. The van der Waals surface area contributed by atoms with Gasteiger partial charge in [-0.1, -0.05) is 0 Å². The van der Waals surface area contributed by atoms with Crippen LogP contribution in [0.5, 0.6) is 0 Å². The highest BCUT2D eigenvalue weighted by molar-refractivity contribution is 14.1. The van der Waals surface area contributed by atoms with E-state index in [1.807, 2.05) is 22.6 Å². The third kappa shape index (κ3) is 1.85. The minimum absolute atomic E-state index is 0.242. The average Bonchev–Trinajstić information content (AvgIpc) is 1.82. The van der Waals surface area contributed by atoms with E-state index < -0.39 is 0 Å². The molecule has 1 aromatic rings. The molecule has 4 heteroatoms. The number of halogens is 3. The second kappa shape index (κ2) is 3.40. The monoisotopic (exact) mass is 332 g/mol. The lowest BCUT2D eigenvalue weighted by molar-refractivity contribution is 0.624. The van der Waals surface area contributed by atoms with Crippen molar-refractivity contribution < 1.29 is 4.39 Å². The summed E-state index contributed by atoms with van der Waals surface area (Å²) in [7, 11) is 0. The van der Waals surface area contributed by atoms with Crippen LogP contribution in [0, 0.1) is 9.39 Å². The van der Waals surface area contributed by atoms with Gasteiger partial charge in [-0.15, -0.1) is 12.6 Å². The second-order valence-electron chi connectivity index (χ2n) is 1.72. The standard InChI is InChI=1S/C6H3BrFIS/c7-4-1-3(8)2-5(9)6(4)10/h1-2,10H. The van der Waals surface area contributed by atoms with E-state index in [2.05, 4.69) is 28.6 Å². The van der Waals surface area contributed by atoms with Crippen LogP contribution in [-0.2, 0) is 0 Å². The fourth-order valence-electron chi connectivity index (χ4n) is 0.535. The highest BCUT2D eigenvalue weighted by Gasteiger charge is 2.02. The fraction of sp³-hybridized carbons (Fsp3) is 0. The molecule has 0 aromatic heterocycles. The first-order valence-corrected chi connectivity index (χ1v) is 4.76. The van der Waals surface area contributed by atoms with Gasteiger partial charge in [0.1, 0.15) is 5.82 Å². The molecule has 0 spiro atoms. The Balaban J connectivity index is 3.31. The summed E-state index contributed by atoms with van der Waals surface area (Å²) in [6.07, 6.45) is 0. The molecule has 0 nitrogen and oxygen atoms in total. The van der Waals surface area contributed by atoms with Gasteiger partial charge in [0.15, 0.2) is 0 Å². The van der Waals surface area contributed by atoms with Gasteiger partial charge in [-0.25, -0.2) is 4.39 Å². The van der Waals surface area contributed by atoms with Gasteiger partial charge >= 0.3 is 0 Å². The molecule has 1 rings (SSSR count). The summed E-state index contributed by atoms with van der Waals surface area (Å²) in [5.74, 6) is -0.242. The molecular weight excluding hydrogens is 330 g/mol. The van der Waals surface area contributed by atoms with Crippen molar-refractivity contribution in [2.75, 3.05) is 0 Å². The van der Waals surface area contributed by atoms with Crippen molar-refractivity contribution in [2.24, 2.45) is 0 Å². The van der Waals surface area contributed by atoms with Gasteiger partial charge in [0, 0.05) is 12.9 Å². The molecule has 54 valence electrons. The van der Waals surface area contributed by atoms with Crippen LogP contribution in [0.25, 0.3) is 0 Å². The van der Waals surface area contributed by atoms with Crippen molar-refractivity contribution in [3.05, 3.63) is 26.0 Å². The first kappa shape index (κ1) is 8.80. The molecule has 0 bridgehead atoms. The summed E-state index contributed by atoms with van der Waals surface area (Å²) in [5.41, 5.74) is 0. The zero-order valence-corrected chi connectivity index (χ0v) is 9.37. The van der Waals surface area contributed by atoms with Crippen LogP contribution in [0.4, 0.5) is 4.39 Å². The smallest absolute Gasteiger partial charge is 0.125 e. The van der Waals surface area contributed by atoms with Crippen molar-refractivity contribution in [1.29, 1.82) is 0 Å². The lowest BCUT2D eigenvalue weighted by Gasteiger charge is -1.98. The Kier molecular flexibility index (Phi) is 3.00. The number of hydrogen-bond acceptors (Lipinski definition) is 1. The molecule has 0 aliphatic heterocycles. The zero-order chi connectivity index (χ0) is 7.72. The third-order valence-electron chi connectivity index (χ3n) is 0.982. The first-order valence-electron chi connectivity index (χ1n) is 2.45. The second-order valence-corrected chi connectivity index (χ2v) is 4.18. The van der Waals surface area contributed by atoms with E-state index in [-0.39, 0.29) is 5.82 Å². The SMILES string of the molecule is Fc1cc(Br)c(S)c(I)c1. The molecular formula is C6H3BrFIS. The Morgan fingerprint density at radius 1 is 1.50 bits per heavy atom. The van der Waals surface area contributed by atoms with Crippen molar-refractivity contribution in [3.8, 4) is 0 Å². The highest BCUT2D eigenvalue weighted by Crippen LogP contribution is 2.26. The molecule has 0 amide bonds. The zero-order valence-electron chi connectivity index (χ0n) is 4.74. The average molecular weight is 333 g/mol. The van der Waals surface area contributed by atoms with Gasteiger partial charge in [-0.05, 0) is 50.7 Å². The Labute approximate surface area is 85.9 Å². The highest BCUT2D eigenvalue weighted by atomic mass is 127. The van der Waals surface area contributed by atoms with Crippen molar-refractivity contribution >= 4 is 51.1 Å². The van der Waals surface area contributed by atoms with Gasteiger partial charge in [-0.3, -0.25) is 0 Å². The summed E-state index contributed by atoms with van der Waals surface area (Å²) < 4.78 is 14.0. The molecule has 1 aromatic carbocycles. The van der Waals surface area contributed by atoms with Crippen molar-refractivity contribution in [3.63, 3.8) is 0 Å². The predicted octanol–water partition coefficient (Wildman–Crippen LogP) is 3.48. The summed E-state index contributed by atoms with van der Waals surface area (Å²) in [5, 5.41) is 0. The van der Waals surface area contributed by atoms with Crippen LogP contribution in [0.1, 0.15) is 0 Å².